The van der Waals surface area contributed by atoms with Crippen LogP contribution in [-0.2, 0) is 21.9 Å². The summed E-state index contributed by atoms with van der Waals surface area (Å²) in [6.07, 6.45) is 2.75. The fourth-order valence-corrected chi connectivity index (χ4v) is 6.30. The van der Waals surface area contributed by atoms with E-state index in [9.17, 15) is 23.1 Å². The zero-order chi connectivity index (χ0) is 29.9. The molecule has 4 rings (SSSR count). The predicted octanol–water partition coefficient (Wildman–Crippen LogP) is 1.66. The number of methoxy groups -OCH3 is 2. The van der Waals surface area contributed by atoms with Gasteiger partial charge < -0.3 is 34.2 Å². The monoisotopic (exact) mass is 591 g/mol. The zero-order valence-electron chi connectivity index (χ0n) is 23.8. The number of fused-ring (bicyclic) bond motifs is 1. The quantitative estimate of drug-likeness (QED) is 0.318. The first kappa shape index (κ1) is 30.3. The average Bonchev–Trinajstić information content (AvgIpc) is 3.51. The molecule has 0 radical (unpaired) electrons. The molecule has 0 spiro atoms. The van der Waals surface area contributed by atoms with Crippen molar-refractivity contribution in [2.45, 2.75) is 56.3 Å². The Bertz CT molecular complexity index is 1460. The molecule has 0 saturated carbocycles. The van der Waals surface area contributed by atoms with Gasteiger partial charge in [-0.1, -0.05) is 13.8 Å². The molecule has 41 heavy (non-hydrogen) atoms. The van der Waals surface area contributed by atoms with Gasteiger partial charge >= 0.3 is 0 Å². The van der Waals surface area contributed by atoms with Gasteiger partial charge in [0.05, 0.1) is 32.7 Å². The molecule has 0 aliphatic carbocycles. The van der Waals surface area contributed by atoms with Gasteiger partial charge in [-0.2, -0.15) is 4.31 Å². The van der Waals surface area contributed by atoms with Crippen LogP contribution in [0.2, 0.25) is 0 Å². The van der Waals surface area contributed by atoms with E-state index in [1.165, 1.54) is 35.6 Å². The summed E-state index contributed by atoms with van der Waals surface area (Å²) in [4.78, 5) is 30.5. The number of rotatable bonds is 10. The maximum absolute atomic E-state index is 13.4. The van der Waals surface area contributed by atoms with E-state index in [1.807, 2.05) is 13.8 Å². The molecule has 1 saturated heterocycles. The van der Waals surface area contributed by atoms with E-state index < -0.39 is 40.0 Å². The number of carbonyl (C=O) groups excluding carboxylic acids is 2. The van der Waals surface area contributed by atoms with Gasteiger partial charge in [0, 0.05) is 37.8 Å². The molecular formula is C27H37N5O8S. The zero-order valence-corrected chi connectivity index (χ0v) is 24.6. The number of aryl methyl sites for hydroxylation is 1. The fourth-order valence-electron chi connectivity index (χ4n) is 4.84. The Labute approximate surface area is 238 Å². The summed E-state index contributed by atoms with van der Waals surface area (Å²) in [5, 5.41) is 17.0. The number of benzene rings is 1. The number of amides is 2. The summed E-state index contributed by atoms with van der Waals surface area (Å²) in [6.45, 7) is 3.83. The fraction of sp³-hybridized carbons (Fsp3) is 0.519. The smallest absolute Gasteiger partial charge is 0.287 e. The second kappa shape index (κ2) is 12.5. The first-order chi connectivity index (χ1) is 19.4. The molecule has 2 aromatic heterocycles. The van der Waals surface area contributed by atoms with Crippen molar-refractivity contribution in [3.8, 4) is 11.5 Å². The van der Waals surface area contributed by atoms with Crippen LogP contribution in [0.1, 0.15) is 43.7 Å². The number of β-amino-alcohol motifs (C(OH)–C–C–N with tert-alkyl or cyclic N) is 1. The number of nitrogens with zero attached hydrogens (tertiary/aromatic N) is 3. The minimum atomic E-state index is -3.90. The molecule has 13 nitrogen and oxygen atoms in total. The first-order valence-electron chi connectivity index (χ1n) is 13.4. The summed E-state index contributed by atoms with van der Waals surface area (Å²) < 4.78 is 45.1. The van der Waals surface area contributed by atoms with Crippen LogP contribution in [-0.4, -0.2) is 84.7 Å². The summed E-state index contributed by atoms with van der Waals surface area (Å²) in [7, 11) is 0.774. The standard InChI is InChI=1S/C27H37N5O8S/c1-16(2)9-19(30-27(35)24-11-17-10-22(38-4)23(39-5)12-21(17)40-24)26(34)29-18-7-6-8-32(13-20(18)33)41(36,37)25-14-31(3)15-28-25/h10-12,14-16,18-20,33H,6-9,13H2,1-5H3,(H,29,34)(H,30,35)/t18?,19?,20-/m0/s1. The Hall–Kier alpha value is -3.62. The van der Waals surface area contributed by atoms with Crippen molar-refractivity contribution in [3.63, 3.8) is 0 Å². The molecule has 2 unspecified atom stereocenters. The van der Waals surface area contributed by atoms with Gasteiger partial charge in [-0.25, -0.2) is 13.4 Å². The van der Waals surface area contributed by atoms with E-state index in [0.29, 0.717) is 41.7 Å². The minimum absolute atomic E-state index is 0.0155. The van der Waals surface area contributed by atoms with Gasteiger partial charge in [0.25, 0.3) is 15.9 Å². The maximum atomic E-state index is 13.4. The second-order valence-electron chi connectivity index (χ2n) is 10.6. The lowest BCUT2D eigenvalue weighted by Crippen LogP contribution is -2.54. The Balaban J connectivity index is 1.46. The van der Waals surface area contributed by atoms with Crippen molar-refractivity contribution < 1.29 is 37.0 Å². The van der Waals surface area contributed by atoms with Crippen LogP contribution in [0.5, 0.6) is 11.5 Å². The van der Waals surface area contributed by atoms with E-state index in [0.717, 1.165) is 0 Å². The maximum Gasteiger partial charge on any atom is 0.287 e. The Morgan fingerprint density at radius 1 is 1.20 bits per heavy atom. The topological polar surface area (TPSA) is 165 Å². The highest BCUT2D eigenvalue weighted by Crippen LogP contribution is 2.33. The molecule has 3 atom stereocenters. The number of ether oxygens (including phenoxy) is 2. The molecule has 3 aromatic rings. The minimum Gasteiger partial charge on any atom is -0.493 e. The SMILES string of the molecule is COc1cc2cc(C(=O)NC(CC(C)C)C(=O)NC3CCCN(S(=O)(=O)c4cn(C)cn4)C[C@@H]3O)oc2cc1OC. The molecule has 14 heteroatoms. The average molecular weight is 592 g/mol. The lowest BCUT2D eigenvalue weighted by Gasteiger charge is -2.27. The van der Waals surface area contributed by atoms with Crippen LogP contribution in [0.4, 0.5) is 0 Å². The van der Waals surface area contributed by atoms with Crippen molar-refractivity contribution in [3.05, 3.63) is 36.5 Å². The molecule has 2 amide bonds. The van der Waals surface area contributed by atoms with E-state index >= 15 is 0 Å². The van der Waals surface area contributed by atoms with Crippen molar-refractivity contribution >= 4 is 32.8 Å². The third-order valence-electron chi connectivity index (χ3n) is 6.97. The molecule has 3 N–H and O–H groups in total. The highest BCUT2D eigenvalue weighted by molar-refractivity contribution is 7.89. The molecule has 1 aromatic carbocycles. The molecule has 3 heterocycles. The number of hydrogen-bond donors (Lipinski definition) is 3. The highest BCUT2D eigenvalue weighted by atomic mass is 32.2. The first-order valence-corrected chi connectivity index (χ1v) is 14.8. The lowest BCUT2D eigenvalue weighted by molar-refractivity contribution is -0.125. The van der Waals surface area contributed by atoms with Gasteiger partial charge in [0.15, 0.2) is 22.3 Å². The molecule has 1 aliphatic rings. The molecule has 0 bridgehead atoms. The number of hydrogen-bond acceptors (Lipinski definition) is 9. The number of aliphatic hydroxyl groups excluding tert-OH is 1. The van der Waals surface area contributed by atoms with Gasteiger partial charge in [-0.15, -0.1) is 0 Å². The molecule has 1 aliphatic heterocycles. The Morgan fingerprint density at radius 2 is 1.90 bits per heavy atom. The predicted molar refractivity (Wildman–Crippen MR) is 149 cm³/mol. The molecule has 224 valence electrons. The van der Waals surface area contributed by atoms with Crippen LogP contribution in [0.3, 0.4) is 0 Å². The van der Waals surface area contributed by atoms with Crippen molar-refractivity contribution in [2.24, 2.45) is 13.0 Å². The summed E-state index contributed by atoms with van der Waals surface area (Å²) in [6, 6.07) is 3.25. The van der Waals surface area contributed by atoms with Crippen molar-refractivity contribution in [2.75, 3.05) is 27.3 Å². The van der Waals surface area contributed by atoms with E-state index in [-0.39, 0.29) is 29.8 Å². The molecular weight excluding hydrogens is 554 g/mol. The third kappa shape index (κ3) is 6.82. The number of carbonyl (C=O) groups is 2. The van der Waals surface area contributed by atoms with Crippen LogP contribution >= 0.6 is 0 Å². The Morgan fingerprint density at radius 3 is 2.54 bits per heavy atom. The number of furan rings is 1. The highest BCUT2D eigenvalue weighted by Gasteiger charge is 2.35. The number of aliphatic hydroxyl groups is 1. The van der Waals surface area contributed by atoms with E-state index in [4.69, 9.17) is 13.9 Å². The van der Waals surface area contributed by atoms with Gasteiger partial charge in [-0.3, -0.25) is 9.59 Å². The number of nitrogens with one attached hydrogen (secondary N) is 2. The van der Waals surface area contributed by atoms with Gasteiger partial charge in [-0.05, 0) is 37.3 Å². The summed E-state index contributed by atoms with van der Waals surface area (Å²) >= 11 is 0. The van der Waals surface area contributed by atoms with Crippen molar-refractivity contribution in [1.82, 2.24) is 24.5 Å². The van der Waals surface area contributed by atoms with E-state index in [1.54, 1.807) is 25.2 Å². The van der Waals surface area contributed by atoms with Crippen LogP contribution in [0.25, 0.3) is 11.0 Å². The summed E-state index contributed by atoms with van der Waals surface area (Å²) in [5.74, 6) is -0.0366. The number of aromatic nitrogens is 2. The Kier molecular flexibility index (Phi) is 9.24. The summed E-state index contributed by atoms with van der Waals surface area (Å²) in [5.41, 5.74) is 0.421. The van der Waals surface area contributed by atoms with Crippen LogP contribution in [0.15, 0.2) is 40.2 Å². The van der Waals surface area contributed by atoms with Crippen LogP contribution in [0, 0.1) is 5.92 Å². The third-order valence-corrected chi connectivity index (χ3v) is 8.72. The van der Waals surface area contributed by atoms with Crippen molar-refractivity contribution in [1.29, 1.82) is 0 Å². The number of imidazole rings is 1. The normalized spacial score (nSPS) is 19.1. The molecule has 1 fully saturated rings. The van der Waals surface area contributed by atoms with E-state index in [2.05, 4.69) is 15.6 Å². The lowest BCUT2D eigenvalue weighted by atomic mass is 10.0. The van der Waals surface area contributed by atoms with Gasteiger partial charge in [0.1, 0.15) is 11.6 Å². The largest absolute Gasteiger partial charge is 0.493 e. The number of sulfonamides is 1. The van der Waals surface area contributed by atoms with Gasteiger partial charge in [0.2, 0.25) is 5.91 Å². The second-order valence-corrected chi connectivity index (χ2v) is 12.5. The van der Waals surface area contributed by atoms with Crippen LogP contribution < -0.4 is 20.1 Å².